The molecule has 1 atom stereocenters. The molecule has 0 saturated carbocycles. The van der Waals surface area contributed by atoms with Crippen molar-refractivity contribution in [3.63, 3.8) is 0 Å². The molecule has 4 rings (SSSR count). The standard InChI is InChI=1S/C23H19ClN6O2/c1-13(28-21-18(26-2)12-27-23(25)29-21)19-10-14-6-4-9-17(24)20(14)22(31)30(19)15-7-5-8-16(11-15)32-3/h4-13H,1,3H3,(H3,25,27,28,29)/t13-/m0/s1. The minimum absolute atomic E-state index is 0.0441. The fourth-order valence-corrected chi connectivity index (χ4v) is 3.79. The van der Waals surface area contributed by atoms with E-state index in [2.05, 4.69) is 20.1 Å². The van der Waals surface area contributed by atoms with Crippen molar-refractivity contribution in [1.82, 2.24) is 14.5 Å². The first kappa shape index (κ1) is 21.2. The highest BCUT2D eigenvalue weighted by Crippen LogP contribution is 2.30. The maximum Gasteiger partial charge on any atom is 0.264 e. The van der Waals surface area contributed by atoms with Gasteiger partial charge in [-0.3, -0.25) is 9.36 Å². The molecule has 4 aromatic rings. The monoisotopic (exact) mass is 446 g/mol. The molecular weight excluding hydrogens is 428 g/mol. The van der Waals surface area contributed by atoms with Crippen LogP contribution in [0.4, 0.5) is 17.5 Å². The third-order valence-electron chi connectivity index (χ3n) is 5.04. The average Bonchev–Trinajstić information content (AvgIpc) is 2.79. The van der Waals surface area contributed by atoms with Crippen molar-refractivity contribution in [2.24, 2.45) is 0 Å². The number of anilines is 2. The highest BCUT2D eigenvalue weighted by atomic mass is 35.5. The summed E-state index contributed by atoms with van der Waals surface area (Å²) in [6.07, 6.45) is 1.36. The number of hydrogen-bond donors (Lipinski definition) is 2. The van der Waals surface area contributed by atoms with E-state index in [0.29, 0.717) is 32.9 Å². The summed E-state index contributed by atoms with van der Waals surface area (Å²) in [6, 6.07) is 14.0. The van der Waals surface area contributed by atoms with Gasteiger partial charge in [0, 0.05) is 18.0 Å². The van der Waals surface area contributed by atoms with E-state index >= 15 is 0 Å². The van der Waals surface area contributed by atoms with Crippen LogP contribution in [0.3, 0.4) is 0 Å². The molecule has 160 valence electrons. The summed E-state index contributed by atoms with van der Waals surface area (Å²) in [5.74, 6) is 0.942. The molecule has 8 nitrogen and oxygen atoms in total. The second-order valence-corrected chi connectivity index (χ2v) is 7.46. The lowest BCUT2D eigenvalue weighted by Crippen LogP contribution is -2.26. The van der Waals surface area contributed by atoms with E-state index in [-0.39, 0.29) is 23.0 Å². The lowest BCUT2D eigenvalue weighted by atomic mass is 10.1. The Morgan fingerprint density at radius 1 is 1.25 bits per heavy atom. The van der Waals surface area contributed by atoms with E-state index in [1.165, 1.54) is 6.20 Å². The SMILES string of the molecule is [C-]#[N+]c1cnc(N)nc1N[C@@H](C)c1cc2cccc(Cl)c2c(=O)n1-c1cccc(OC)c1. The molecule has 3 N–H and O–H groups in total. The summed E-state index contributed by atoms with van der Waals surface area (Å²) in [7, 11) is 1.57. The number of ether oxygens (including phenoxy) is 1. The smallest absolute Gasteiger partial charge is 0.264 e. The number of rotatable bonds is 5. The first-order chi connectivity index (χ1) is 15.4. The van der Waals surface area contributed by atoms with Crippen molar-refractivity contribution in [2.45, 2.75) is 13.0 Å². The normalized spacial score (nSPS) is 11.7. The van der Waals surface area contributed by atoms with Crippen LogP contribution in [0.25, 0.3) is 21.3 Å². The number of aromatic nitrogens is 3. The van der Waals surface area contributed by atoms with Crippen LogP contribution in [-0.2, 0) is 0 Å². The zero-order valence-corrected chi connectivity index (χ0v) is 18.1. The Labute approximate surface area is 189 Å². The maximum absolute atomic E-state index is 13.6. The fourth-order valence-electron chi connectivity index (χ4n) is 3.53. The molecule has 0 aliphatic heterocycles. The second-order valence-electron chi connectivity index (χ2n) is 7.06. The van der Waals surface area contributed by atoms with Gasteiger partial charge in [0.25, 0.3) is 5.56 Å². The van der Waals surface area contributed by atoms with Crippen LogP contribution in [-0.4, -0.2) is 21.6 Å². The van der Waals surface area contributed by atoms with Gasteiger partial charge in [-0.05, 0) is 36.6 Å². The van der Waals surface area contributed by atoms with Gasteiger partial charge in [0.05, 0.1) is 35.8 Å². The molecule has 32 heavy (non-hydrogen) atoms. The third-order valence-corrected chi connectivity index (χ3v) is 5.36. The highest BCUT2D eigenvalue weighted by Gasteiger charge is 2.19. The van der Waals surface area contributed by atoms with Gasteiger partial charge in [0.1, 0.15) is 11.6 Å². The van der Waals surface area contributed by atoms with Crippen molar-refractivity contribution < 1.29 is 4.74 Å². The Kier molecular flexibility index (Phi) is 5.67. The van der Waals surface area contributed by atoms with Crippen LogP contribution in [0.5, 0.6) is 5.75 Å². The van der Waals surface area contributed by atoms with Gasteiger partial charge in [-0.25, -0.2) is 14.8 Å². The largest absolute Gasteiger partial charge is 0.497 e. The lowest BCUT2D eigenvalue weighted by Gasteiger charge is -2.22. The molecule has 0 aliphatic carbocycles. The minimum Gasteiger partial charge on any atom is -0.497 e. The fraction of sp³-hybridized carbons (Fsp3) is 0.130. The minimum atomic E-state index is -0.424. The summed E-state index contributed by atoms with van der Waals surface area (Å²) in [5, 5.41) is 4.69. The Bertz CT molecular complexity index is 1430. The molecule has 0 spiro atoms. The predicted octanol–water partition coefficient (Wildman–Crippen LogP) is 4.75. The maximum atomic E-state index is 13.6. The van der Waals surface area contributed by atoms with Crippen LogP contribution >= 0.6 is 11.6 Å². The van der Waals surface area contributed by atoms with Gasteiger partial charge >= 0.3 is 0 Å². The Balaban J connectivity index is 1.95. The number of nitrogens with zero attached hydrogens (tertiary/aromatic N) is 4. The second kappa shape index (κ2) is 8.57. The molecule has 0 saturated heterocycles. The van der Waals surface area contributed by atoms with Crippen LogP contribution < -0.4 is 21.3 Å². The number of nitrogens with two attached hydrogens (primary N) is 1. The van der Waals surface area contributed by atoms with E-state index < -0.39 is 6.04 Å². The van der Waals surface area contributed by atoms with E-state index in [9.17, 15) is 4.79 Å². The van der Waals surface area contributed by atoms with E-state index in [1.807, 2.05) is 31.2 Å². The van der Waals surface area contributed by atoms with Crippen molar-refractivity contribution >= 4 is 39.8 Å². The Morgan fingerprint density at radius 3 is 2.78 bits per heavy atom. The number of halogens is 1. The van der Waals surface area contributed by atoms with Crippen LogP contribution in [0, 0.1) is 6.57 Å². The van der Waals surface area contributed by atoms with E-state index in [0.717, 1.165) is 0 Å². The van der Waals surface area contributed by atoms with Gasteiger partial charge in [-0.2, -0.15) is 0 Å². The van der Waals surface area contributed by atoms with Gasteiger partial charge in [0.15, 0.2) is 0 Å². The summed E-state index contributed by atoms with van der Waals surface area (Å²) >= 11 is 6.38. The zero-order chi connectivity index (χ0) is 22.8. The summed E-state index contributed by atoms with van der Waals surface area (Å²) in [6.45, 7) is 9.24. The van der Waals surface area contributed by atoms with Crippen LogP contribution in [0.1, 0.15) is 18.7 Å². The number of methoxy groups -OCH3 is 1. The van der Waals surface area contributed by atoms with Crippen molar-refractivity contribution in [3.8, 4) is 11.4 Å². The molecule has 0 unspecified atom stereocenters. The van der Waals surface area contributed by atoms with Gasteiger partial charge < -0.3 is 15.8 Å². The molecule has 0 fully saturated rings. The summed E-state index contributed by atoms with van der Waals surface area (Å²) in [5.41, 5.74) is 6.94. The third kappa shape index (κ3) is 3.82. The molecule has 9 heteroatoms. The first-order valence-corrected chi connectivity index (χ1v) is 10.1. The number of nitrogen functional groups attached to an aromatic ring is 1. The zero-order valence-electron chi connectivity index (χ0n) is 17.3. The Morgan fingerprint density at radius 2 is 2.03 bits per heavy atom. The van der Waals surface area contributed by atoms with Gasteiger partial charge in [-0.15, -0.1) is 0 Å². The topological polar surface area (TPSA) is 99.4 Å². The molecule has 2 aromatic carbocycles. The van der Waals surface area contributed by atoms with Crippen molar-refractivity contribution in [2.75, 3.05) is 18.2 Å². The van der Waals surface area contributed by atoms with Crippen molar-refractivity contribution in [3.05, 3.63) is 87.2 Å². The van der Waals surface area contributed by atoms with Crippen LogP contribution in [0.2, 0.25) is 5.02 Å². The lowest BCUT2D eigenvalue weighted by molar-refractivity contribution is 0.414. The first-order valence-electron chi connectivity index (χ1n) is 9.68. The average molecular weight is 447 g/mol. The molecule has 0 amide bonds. The number of benzene rings is 2. The molecule has 2 aromatic heterocycles. The Hall–Kier alpha value is -4.09. The molecule has 2 heterocycles. The summed E-state index contributed by atoms with van der Waals surface area (Å²) < 4.78 is 6.93. The summed E-state index contributed by atoms with van der Waals surface area (Å²) in [4.78, 5) is 25.1. The molecule has 0 bridgehead atoms. The van der Waals surface area contributed by atoms with Gasteiger partial charge in [-0.1, -0.05) is 29.8 Å². The number of nitrogens with one attached hydrogen (secondary N) is 1. The quantitative estimate of drug-likeness (QED) is 0.429. The molecular formula is C23H19ClN6O2. The van der Waals surface area contributed by atoms with E-state index in [4.69, 9.17) is 28.6 Å². The number of fused-ring (bicyclic) bond motifs is 1. The number of pyridine rings is 1. The highest BCUT2D eigenvalue weighted by molar-refractivity contribution is 6.35. The van der Waals surface area contributed by atoms with Crippen molar-refractivity contribution in [1.29, 1.82) is 0 Å². The van der Waals surface area contributed by atoms with Gasteiger partial charge in [0.2, 0.25) is 11.6 Å². The van der Waals surface area contributed by atoms with Crippen LogP contribution in [0.15, 0.2) is 59.5 Å². The number of hydrogen-bond acceptors (Lipinski definition) is 6. The molecule has 0 radical (unpaired) electrons. The van der Waals surface area contributed by atoms with E-state index in [1.54, 1.807) is 35.9 Å². The predicted molar refractivity (Wildman–Crippen MR) is 126 cm³/mol. The molecule has 0 aliphatic rings.